The summed E-state index contributed by atoms with van der Waals surface area (Å²) < 4.78 is 10.2. The molecule has 1 aromatic carbocycles. The average molecular weight is 383 g/mol. The maximum atomic E-state index is 13.2. The van der Waals surface area contributed by atoms with Gasteiger partial charge in [0.25, 0.3) is 5.91 Å². The lowest BCUT2D eigenvalue weighted by Crippen LogP contribution is -2.31. The van der Waals surface area contributed by atoms with Gasteiger partial charge in [0.15, 0.2) is 5.69 Å². The molecular formula is C21H25N3O4. The molecule has 1 saturated heterocycles. The predicted molar refractivity (Wildman–Crippen MR) is 102 cm³/mol. The van der Waals surface area contributed by atoms with Gasteiger partial charge in [0.1, 0.15) is 5.75 Å². The third-order valence-corrected chi connectivity index (χ3v) is 5.91. The first-order chi connectivity index (χ1) is 13.6. The molecule has 0 unspecified atom stereocenters. The topological polar surface area (TPSA) is 84.5 Å². The number of esters is 1. The van der Waals surface area contributed by atoms with Crippen molar-refractivity contribution in [2.45, 2.75) is 31.6 Å². The van der Waals surface area contributed by atoms with E-state index in [1.807, 2.05) is 24.3 Å². The zero-order valence-electron chi connectivity index (χ0n) is 16.2. The number of aromatic amines is 1. The normalized spacial score (nSPS) is 21.3. The van der Waals surface area contributed by atoms with Gasteiger partial charge in [-0.1, -0.05) is 12.1 Å². The van der Waals surface area contributed by atoms with Crippen LogP contribution < -0.4 is 4.74 Å². The minimum absolute atomic E-state index is 0.107. The van der Waals surface area contributed by atoms with Gasteiger partial charge in [-0.2, -0.15) is 5.10 Å². The second kappa shape index (κ2) is 7.66. The Bertz CT molecular complexity index is 874. The van der Waals surface area contributed by atoms with Crippen molar-refractivity contribution < 1.29 is 19.1 Å². The predicted octanol–water partition coefficient (Wildman–Crippen LogP) is 2.33. The second-order valence-electron chi connectivity index (χ2n) is 7.46. The number of nitrogens with one attached hydrogen (secondary N) is 1. The number of ether oxygens (including phenoxy) is 2. The SMILES string of the molecule is COC(=O)[C@@H]1CN(C(=O)c2n[nH]c3c2CCCC3)C[C@H]1c1ccc(OC)cc1. The summed E-state index contributed by atoms with van der Waals surface area (Å²) >= 11 is 0. The molecule has 1 N–H and O–H groups in total. The number of benzene rings is 1. The van der Waals surface area contributed by atoms with E-state index in [2.05, 4.69) is 10.2 Å². The second-order valence-corrected chi connectivity index (χ2v) is 7.46. The van der Waals surface area contributed by atoms with Crippen molar-refractivity contribution in [1.29, 1.82) is 0 Å². The number of carbonyl (C=O) groups excluding carboxylic acids is 2. The Labute approximate surface area is 164 Å². The summed E-state index contributed by atoms with van der Waals surface area (Å²) in [6.07, 6.45) is 4.01. The Hall–Kier alpha value is -2.83. The molecule has 1 fully saturated rings. The van der Waals surface area contributed by atoms with E-state index in [1.54, 1.807) is 12.0 Å². The van der Waals surface area contributed by atoms with Crippen LogP contribution in [0.15, 0.2) is 24.3 Å². The molecule has 0 bridgehead atoms. The van der Waals surface area contributed by atoms with Gasteiger partial charge in [0, 0.05) is 30.3 Å². The van der Waals surface area contributed by atoms with Gasteiger partial charge in [-0.15, -0.1) is 0 Å². The van der Waals surface area contributed by atoms with E-state index >= 15 is 0 Å². The summed E-state index contributed by atoms with van der Waals surface area (Å²) in [6, 6.07) is 7.64. The van der Waals surface area contributed by atoms with Crippen molar-refractivity contribution in [3.8, 4) is 5.75 Å². The Morgan fingerprint density at radius 2 is 1.86 bits per heavy atom. The molecule has 1 amide bonds. The summed E-state index contributed by atoms with van der Waals surface area (Å²) in [6.45, 7) is 0.802. The Balaban J connectivity index is 1.59. The first-order valence-corrected chi connectivity index (χ1v) is 9.69. The van der Waals surface area contributed by atoms with Crippen LogP contribution >= 0.6 is 0 Å². The number of carbonyl (C=O) groups is 2. The number of fused-ring (bicyclic) bond motifs is 1. The van der Waals surface area contributed by atoms with Crippen LogP contribution in [-0.4, -0.2) is 54.3 Å². The number of amides is 1. The van der Waals surface area contributed by atoms with Crippen molar-refractivity contribution >= 4 is 11.9 Å². The third-order valence-electron chi connectivity index (χ3n) is 5.91. The first-order valence-electron chi connectivity index (χ1n) is 9.69. The van der Waals surface area contributed by atoms with E-state index in [4.69, 9.17) is 9.47 Å². The number of hydrogen-bond donors (Lipinski definition) is 1. The number of likely N-dealkylation sites (tertiary alicyclic amines) is 1. The lowest BCUT2D eigenvalue weighted by molar-refractivity contribution is -0.145. The number of aryl methyl sites for hydroxylation is 1. The van der Waals surface area contributed by atoms with Gasteiger partial charge in [-0.3, -0.25) is 14.7 Å². The number of rotatable bonds is 4. The van der Waals surface area contributed by atoms with Gasteiger partial charge < -0.3 is 14.4 Å². The summed E-state index contributed by atoms with van der Waals surface area (Å²) in [7, 11) is 3.01. The largest absolute Gasteiger partial charge is 0.497 e. The first kappa shape index (κ1) is 18.5. The molecule has 148 valence electrons. The van der Waals surface area contributed by atoms with Crippen LogP contribution in [0, 0.1) is 5.92 Å². The molecule has 2 aromatic rings. The van der Waals surface area contributed by atoms with Crippen LogP contribution in [0.2, 0.25) is 0 Å². The molecule has 0 radical (unpaired) electrons. The van der Waals surface area contributed by atoms with E-state index in [1.165, 1.54) is 7.11 Å². The minimum atomic E-state index is -0.392. The lowest BCUT2D eigenvalue weighted by atomic mass is 9.89. The molecule has 1 aliphatic carbocycles. The van der Waals surface area contributed by atoms with Gasteiger partial charge in [0.05, 0.1) is 20.1 Å². The summed E-state index contributed by atoms with van der Waals surface area (Å²) in [4.78, 5) is 27.3. The number of aromatic nitrogens is 2. The van der Waals surface area contributed by atoms with E-state index in [0.29, 0.717) is 18.8 Å². The molecule has 1 aliphatic heterocycles. The van der Waals surface area contributed by atoms with Crippen LogP contribution in [0.3, 0.4) is 0 Å². The van der Waals surface area contributed by atoms with Gasteiger partial charge in [-0.25, -0.2) is 0 Å². The highest BCUT2D eigenvalue weighted by Gasteiger charge is 2.42. The molecular weight excluding hydrogens is 358 g/mol. The lowest BCUT2D eigenvalue weighted by Gasteiger charge is -2.17. The maximum absolute atomic E-state index is 13.2. The molecule has 7 heteroatoms. The monoisotopic (exact) mass is 383 g/mol. The summed E-state index contributed by atoms with van der Waals surface area (Å²) in [5, 5.41) is 7.33. The van der Waals surface area contributed by atoms with Crippen molar-refractivity contribution in [2.75, 3.05) is 27.3 Å². The fourth-order valence-corrected chi connectivity index (χ4v) is 4.36. The molecule has 4 rings (SSSR count). The molecule has 0 spiro atoms. The van der Waals surface area contributed by atoms with Crippen LogP contribution in [0.1, 0.15) is 46.1 Å². The molecule has 0 saturated carbocycles. The van der Waals surface area contributed by atoms with Crippen LogP contribution in [0.4, 0.5) is 0 Å². The summed E-state index contributed by atoms with van der Waals surface area (Å²) in [5.74, 6) is -0.147. The number of H-pyrrole nitrogens is 1. The minimum Gasteiger partial charge on any atom is -0.497 e. The smallest absolute Gasteiger partial charge is 0.311 e. The molecule has 7 nitrogen and oxygen atoms in total. The standard InChI is InChI=1S/C21H25N3O4/c1-27-14-9-7-13(8-10-14)16-11-24(12-17(16)21(26)28-2)20(25)19-15-5-3-4-6-18(15)22-23-19/h7-10,16-17H,3-6,11-12H2,1-2H3,(H,22,23)/t16-,17+/m0/s1. The Morgan fingerprint density at radius 1 is 1.11 bits per heavy atom. The van der Waals surface area contributed by atoms with E-state index in [0.717, 1.165) is 48.3 Å². The highest BCUT2D eigenvalue weighted by molar-refractivity contribution is 5.95. The van der Waals surface area contributed by atoms with E-state index < -0.39 is 5.92 Å². The van der Waals surface area contributed by atoms with E-state index in [-0.39, 0.29) is 17.8 Å². The maximum Gasteiger partial charge on any atom is 0.311 e. The highest BCUT2D eigenvalue weighted by Crippen LogP contribution is 2.35. The zero-order chi connectivity index (χ0) is 19.7. The molecule has 2 aliphatic rings. The zero-order valence-corrected chi connectivity index (χ0v) is 16.2. The van der Waals surface area contributed by atoms with Crippen molar-refractivity contribution in [3.05, 3.63) is 46.8 Å². The highest BCUT2D eigenvalue weighted by atomic mass is 16.5. The Kier molecular flexibility index (Phi) is 5.07. The molecule has 2 heterocycles. The molecule has 2 atom stereocenters. The molecule has 28 heavy (non-hydrogen) atoms. The van der Waals surface area contributed by atoms with Crippen molar-refractivity contribution in [1.82, 2.24) is 15.1 Å². The van der Waals surface area contributed by atoms with Crippen LogP contribution in [-0.2, 0) is 22.4 Å². The van der Waals surface area contributed by atoms with Gasteiger partial charge in [-0.05, 0) is 43.4 Å². The Morgan fingerprint density at radius 3 is 2.57 bits per heavy atom. The number of nitrogens with zero attached hydrogens (tertiary/aromatic N) is 2. The van der Waals surface area contributed by atoms with Gasteiger partial charge in [0.2, 0.25) is 0 Å². The average Bonchev–Trinajstić information content (AvgIpc) is 3.37. The van der Waals surface area contributed by atoms with Crippen LogP contribution in [0.5, 0.6) is 5.75 Å². The molecule has 1 aromatic heterocycles. The van der Waals surface area contributed by atoms with Crippen LogP contribution in [0.25, 0.3) is 0 Å². The number of hydrogen-bond acceptors (Lipinski definition) is 5. The number of methoxy groups -OCH3 is 2. The van der Waals surface area contributed by atoms with Crippen molar-refractivity contribution in [2.24, 2.45) is 5.92 Å². The fourth-order valence-electron chi connectivity index (χ4n) is 4.36. The quantitative estimate of drug-likeness (QED) is 0.819. The van der Waals surface area contributed by atoms with Gasteiger partial charge >= 0.3 is 5.97 Å². The third kappa shape index (κ3) is 3.25. The fraction of sp³-hybridized carbons (Fsp3) is 0.476. The van der Waals surface area contributed by atoms with E-state index in [9.17, 15) is 9.59 Å². The van der Waals surface area contributed by atoms with Crippen molar-refractivity contribution in [3.63, 3.8) is 0 Å². The summed E-state index contributed by atoms with van der Waals surface area (Å²) in [5.41, 5.74) is 3.62.